The first-order chi connectivity index (χ1) is 8.84. The highest BCUT2D eigenvalue weighted by Gasteiger charge is 2.12. The topological polar surface area (TPSA) is 63.4 Å². The Bertz CT molecular complexity index is 552. The van der Waals surface area contributed by atoms with Gasteiger partial charge in [-0.3, -0.25) is 4.98 Å². The number of hydrogen-bond donors (Lipinski definition) is 2. The predicted molar refractivity (Wildman–Crippen MR) is 72.2 cm³/mol. The Kier molecular flexibility index (Phi) is 3.00. The van der Waals surface area contributed by atoms with Crippen molar-refractivity contribution in [1.29, 1.82) is 0 Å². The molecule has 1 aromatic heterocycles. The summed E-state index contributed by atoms with van der Waals surface area (Å²) in [6, 6.07) is 7.84. The van der Waals surface area contributed by atoms with Gasteiger partial charge in [0.1, 0.15) is 0 Å². The standard InChI is InChI=1S/C13H16N4O/c14-13-10-2-1-5-15-11(10)3-4-12(13)16-17-6-8-18-9-7-17/h1-5,16H,6-9,14H2. The number of nitrogen functional groups attached to an aromatic ring is 1. The molecule has 2 heterocycles. The van der Waals surface area contributed by atoms with Crippen LogP contribution in [-0.2, 0) is 4.74 Å². The van der Waals surface area contributed by atoms with Crippen molar-refractivity contribution in [3.63, 3.8) is 0 Å². The normalized spacial score (nSPS) is 16.9. The highest BCUT2D eigenvalue weighted by Crippen LogP contribution is 2.27. The van der Waals surface area contributed by atoms with E-state index in [1.165, 1.54) is 0 Å². The summed E-state index contributed by atoms with van der Waals surface area (Å²) in [4.78, 5) is 4.29. The van der Waals surface area contributed by atoms with Gasteiger partial charge in [0.15, 0.2) is 0 Å². The summed E-state index contributed by atoms with van der Waals surface area (Å²) in [5.74, 6) is 0. The molecule has 5 nitrogen and oxygen atoms in total. The number of fused-ring (bicyclic) bond motifs is 1. The van der Waals surface area contributed by atoms with Gasteiger partial charge in [-0.25, -0.2) is 5.01 Å². The van der Waals surface area contributed by atoms with Crippen molar-refractivity contribution >= 4 is 22.3 Å². The Morgan fingerprint density at radius 2 is 2.06 bits per heavy atom. The van der Waals surface area contributed by atoms with Gasteiger partial charge < -0.3 is 15.9 Å². The minimum absolute atomic E-state index is 0.743. The molecule has 1 aliphatic rings. The van der Waals surface area contributed by atoms with Crippen LogP contribution < -0.4 is 11.2 Å². The first-order valence-corrected chi connectivity index (χ1v) is 6.07. The Morgan fingerprint density at radius 3 is 2.89 bits per heavy atom. The van der Waals surface area contributed by atoms with Gasteiger partial charge in [0.05, 0.1) is 30.1 Å². The van der Waals surface area contributed by atoms with Crippen LogP contribution in [0.1, 0.15) is 0 Å². The Balaban J connectivity index is 1.89. The third-order valence-electron chi connectivity index (χ3n) is 3.12. The van der Waals surface area contributed by atoms with Gasteiger partial charge in [0.2, 0.25) is 0 Å². The number of hydrogen-bond acceptors (Lipinski definition) is 5. The fourth-order valence-electron chi connectivity index (χ4n) is 2.12. The average Bonchev–Trinajstić information content (AvgIpc) is 2.43. The molecular formula is C13H16N4O. The molecule has 0 unspecified atom stereocenters. The van der Waals surface area contributed by atoms with Crippen LogP contribution >= 0.6 is 0 Å². The summed E-state index contributed by atoms with van der Waals surface area (Å²) in [5.41, 5.74) is 12.1. The van der Waals surface area contributed by atoms with Crippen LogP contribution in [0.15, 0.2) is 30.5 Å². The number of nitrogens with zero attached hydrogens (tertiary/aromatic N) is 2. The van der Waals surface area contributed by atoms with E-state index < -0.39 is 0 Å². The fraction of sp³-hybridized carbons (Fsp3) is 0.308. The van der Waals surface area contributed by atoms with Crippen molar-refractivity contribution in [1.82, 2.24) is 9.99 Å². The van der Waals surface area contributed by atoms with Crippen LogP contribution in [-0.4, -0.2) is 36.3 Å². The van der Waals surface area contributed by atoms with Crippen molar-refractivity contribution in [2.75, 3.05) is 37.5 Å². The maximum Gasteiger partial charge on any atom is 0.0727 e. The number of rotatable bonds is 2. The summed E-state index contributed by atoms with van der Waals surface area (Å²) in [7, 11) is 0. The molecule has 0 radical (unpaired) electrons. The molecule has 2 aromatic rings. The summed E-state index contributed by atoms with van der Waals surface area (Å²) < 4.78 is 5.31. The van der Waals surface area contributed by atoms with Crippen molar-refractivity contribution < 1.29 is 4.74 Å². The number of benzene rings is 1. The van der Waals surface area contributed by atoms with Gasteiger partial charge in [-0.1, -0.05) is 0 Å². The molecule has 94 valence electrons. The van der Waals surface area contributed by atoms with E-state index >= 15 is 0 Å². The van der Waals surface area contributed by atoms with Crippen molar-refractivity contribution in [3.05, 3.63) is 30.5 Å². The first kappa shape index (κ1) is 11.3. The van der Waals surface area contributed by atoms with Crippen LogP contribution in [0.5, 0.6) is 0 Å². The second-order valence-corrected chi connectivity index (χ2v) is 4.31. The van der Waals surface area contributed by atoms with E-state index in [2.05, 4.69) is 15.4 Å². The summed E-state index contributed by atoms with van der Waals surface area (Å²) >= 11 is 0. The lowest BCUT2D eigenvalue weighted by Gasteiger charge is -2.28. The summed E-state index contributed by atoms with van der Waals surface area (Å²) in [6.45, 7) is 3.24. The molecule has 0 amide bonds. The van der Waals surface area contributed by atoms with Gasteiger partial charge >= 0.3 is 0 Å². The molecule has 5 heteroatoms. The average molecular weight is 244 g/mol. The SMILES string of the molecule is Nc1c(NN2CCOCC2)ccc2ncccc12. The van der Waals surface area contributed by atoms with Gasteiger partial charge in [-0.2, -0.15) is 0 Å². The molecule has 1 fully saturated rings. The third kappa shape index (κ3) is 2.10. The molecule has 1 aliphatic heterocycles. The molecule has 1 aromatic carbocycles. The van der Waals surface area contributed by atoms with Crippen molar-refractivity contribution in [2.24, 2.45) is 0 Å². The molecule has 0 spiro atoms. The van der Waals surface area contributed by atoms with E-state index in [-0.39, 0.29) is 0 Å². The zero-order valence-corrected chi connectivity index (χ0v) is 10.1. The molecular weight excluding hydrogens is 228 g/mol. The van der Waals surface area contributed by atoms with Gasteiger partial charge in [-0.05, 0) is 24.3 Å². The van der Waals surface area contributed by atoms with Crippen LogP contribution in [0.3, 0.4) is 0 Å². The van der Waals surface area contributed by atoms with Crippen LogP contribution in [0.25, 0.3) is 10.9 Å². The highest BCUT2D eigenvalue weighted by atomic mass is 16.5. The number of hydrazine groups is 1. The Labute approximate surface area is 106 Å². The minimum atomic E-state index is 0.743. The third-order valence-corrected chi connectivity index (χ3v) is 3.12. The molecule has 0 saturated carbocycles. The monoisotopic (exact) mass is 244 g/mol. The quantitative estimate of drug-likeness (QED) is 0.783. The highest BCUT2D eigenvalue weighted by molar-refractivity contribution is 5.96. The maximum absolute atomic E-state index is 6.18. The lowest BCUT2D eigenvalue weighted by atomic mass is 10.1. The molecule has 0 bridgehead atoms. The van der Waals surface area contributed by atoms with Crippen molar-refractivity contribution in [3.8, 4) is 0 Å². The second kappa shape index (κ2) is 4.80. The van der Waals surface area contributed by atoms with Gasteiger partial charge in [-0.15, -0.1) is 0 Å². The Morgan fingerprint density at radius 1 is 1.22 bits per heavy atom. The fourth-order valence-corrected chi connectivity index (χ4v) is 2.12. The van der Waals surface area contributed by atoms with Crippen molar-refractivity contribution in [2.45, 2.75) is 0 Å². The number of anilines is 2. The zero-order chi connectivity index (χ0) is 12.4. The molecule has 1 saturated heterocycles. The molecule has 0 atom stereocenters. The smallest absolute Gasteiger partial charge is 0.0727 e. The molecule has 0 aliphatic carbocycles. The largest absolute Gasteiger partial charge is 0.396 e. The first-order valence-electron chi connectivity index (χ1n) is 6.07. The number of morpholine rings is 1. The Hall–Kier alpha value is -1.85. The number of nitrogens with two attached hydrogens (primary N) is 1. The molecule has 3 N–H and O–H groups in total. The summed E-state index contributed by atoms with van der Waals surface area (Å²) in [6.07, 6.45) is 1.77. The van der Waals surface area contributed by atoms with E-state index in [9.17, 15) is 0 Å². The number of aromatic nitrogens is 1. The molecule has 3 rings (SSSR count). The minimum Gasteiger partial charge on any atom is -0.396 e. The maximum atomic E-state index is 6.18. The van der Waals surface area contributed by atoms with Gasteiger partial charge in [0, 0.05) is 24.7 Å². The summed E-state index contributed by atoms with van der Waals surface area (Å²) in [5, 5.41) is 3.10. The number of ether oxygens (including phenoxy) is 1. The zero-order valence-electron chi connectivity index (χ0n) is 10.1. The van der Waals surface area contributed by atoms with E-state index in [0.29, 0.717) is 0 Å². The number of pyridine rings is 1. The number of nitrogens with one attached hydrogen (secondary N) is 1. The van der Waals surface area contributed by atoms with E-state index in [1.54, 1.807) is 6.20 Å². The van der Waals surface area contributed by atoms with E-state index in [0.717, 1.165) is 48.6 Å². The van der Waals surface area contributed by atoms with Crippen LogP contribution in [0.2, 0.25) is 0 Å². The van der Waals surface area contributed by atoms with E-state index in [4.69, 9.17) is 10.5 Å². The van der Waals surface area contributed by atoms with E-state index in [1.807, 2.05) is 24.3 Å². The lowest BCUT2D eigenvalue weighted by Crippen LogP contribution is -2.40. The van der Waals surface area contributed by atoms with Gasteiger partial charge in [0.25, 0.3) is 0 Å². The van der Waals surface area contributed by atoms with Crippen LogP contribution in [0.4, 0.5) is 11.4 Å². The van der Waals surface area contributed by atoms with Crippen LogP contribution in [0, 0.1) is 0 Å². The molecule has 18 heavy (non-hydrogen) atoms. The lowest BCUT2D eigenvalue weighted by molar-refractivity contribution is 0.0497. The second-order valence-electron chi connectivity index (χ2n) is 4.31. The predicted octanol–water partition coefficient (Wildman–Crippen LogP) is 1.48.